The first kappa shape index (κ1) is 12.2. The summed E-state index contributed by atoms with van der Waals surface area (Å²) in [6.45, 7) is 6.78. The molecule has 82 valence electrons. The molecule has 2 nitrogen and oxygen atoms in total. The molecule has 0 aliphatic rings. The summed E-state index contributed by atoms with van der Waals surface area (Å²) in [5, 5.41) is 0. The van der Waals surface area contributed by atoms with Gasteiger partial charge in [0.15, 0.2) is 0 Å². The summed E-state index contributed by atoms with van der Waals surface area (Å²) in [6.07, 6.45) is 0. The third-order valence-corrected chi connectivity index (χ3v) is 3.02. The average molecular weight is 270 g/mol. The Morgan fingerprint density at radius 2 is 2.00 bits per heavy atom. The van der Waals surface area contributed by atoms with Gasteiger partial charge in [0, 0.05) is 17.1 Å². The van der Waals surface area contributed by atoms with Crippen molar-refractivity contribution in [3.63, 3.8) is 0 Å². The normalized spacial score (nSPS) is 10.5. The maximum atomic E-state index is 12.1. The van der Waals surface area contributed by atoms with Crippen molar-refractivity contribution >= 4 is 21.8 Å². The molecule has 0 saturated carbocycles. The maximum absolute atomic E-state index is 12.1. The third-order valence-electron chi connectivity index (χ3n) is 2.33. The van der Waals surface area contributed by atoms with Crippen molar-refractivity contribution in [2.45, 2.75) is 26.8 Å². The van der Waals surface area contributed by atoms with Gasteiger partial charge in [0.25, 0.3) is 5.91 Å². The Hall–Kier alpha value is -0.830. The molecule has 1 amide bonds. The molecular formula is C12H16BrNO. The van der Waals surface area contributed by atoms with Gasteiger partial charge in [-0.1, -0.05) is 12.1 Å². The third kappa shape index (κ3) is 2.81. The predicted molar refractivity (Wildman–Crippen MR) is 66.0 cm³/mol. The summed E-state index contributed by atoms with van der Waals surface area (Å²) in [5.74, 6) is 0.0833. The van der Waals surface area contributed by atoms with E-state index in [9.17, 15) is 4.79 Å². The van der Waals surface area contributed by atoms with E-state index in [4.69, 9.17) is 0 Å². The maximum Gasteiger partial charge on any atom is 0.255 e. The Balaban J connectivity index is 2.98. The number of halogens is 1. The van der Waals surface area contributed by atoms with Gasteiger partial charge in [0.05, 0.1) is 5.56 Å². The zero-order valence-corrected chi connectivity index (χ0v) is 10.9. The van der Waals surface area contributed by atoms with Gasteiger partial charge in [-0.25, -0.2) is 0 Å². The minimum atomic E-state index is 0.0833. The Kier molecular flexibility index (Phi) is 4.33. The highest BCUT2D eigenvalue weighted by atomic mass is 79.9. The lowest BCUT2D eigenvalue weighted by atomic mass is 10.2. The van der Waals surface area contributed by atoms with Crippen molar-refractivity contribution in [3.05, 3.63) is 34.3 Å². The minimum Gasteiger partial charge on any atom is -0.336 e. The molecular weight excluding hydrogens is 254 g/mol. The van der Waals surface area contributed by atoms with Gasteiger partial charge in [-0.15, -0.1) is 0 Å². The smallest absolute Gasteiger partial charge is 0.255 e. The molecule has 0 N–H and O–H groups in total. The fourth-order valence-corrected chi connectivity index (χ4v) is 1.99. The number of hydrogen-bond donors (Lipinski definition) is 0. The Morgan fingerprint density at radius 3 is 2.47 bits per heavy atom. The SMILES string of the molecule is CCN(C(=O)c1ccccc1Br)C(C)C. The quantitative estimate of drug-likeness (QED) is 0.825. The van der Waals surface area contributed by atoms with E-state index in [0.29, 0.717) is 0 Å². The molecule has 0 aliphatic heterocycles. The van der Waals surface area contributed by atoms with Crippen LogP contribution in [0.4, 0.5) is 0 Å². The van der Waals surface area contributed by atoms with Gasteiger partial charge >= 0.3 is 0 Å². The summed E-state index contributed by atoms with van der Waals surface area (Å²) < 4.78 is 0.856. The molecule has 0 unspecified atom stereocenters. The molecule has 0 spiro atoms. The van der Waals surface area contributed by atoms with E-state index in [1.54, 1.807) is 0 Å². The van der Waals surface area contributed by atoms with Crippen LogP contribution in [0.5, 0.6) is 0 Å². The van der Waals surface area contributed by atoms with Crippen molar-refractivity contribution in [1.82, 2.24) is 4.90 Å². The molecule has 1 aromatic carbocycles. The Labute approximate surface area is 99.4 Å². The van der Waals surface area contributed by atoms with Crippen LogP contribution in [0.25, 0.3) is 0 Å². The largest absolute Gasteiger partial charge is 0.336 e. The van der Waals surface area contributed by atoms with Crippen molar-refractivity contribution in [1.29, 1.82) is 0 Å². The molecule has 1 rings (SSSR count). The second kappa shape index (κ2) is 5.31. The minimum absolute atomic E-state index is 0.0833. The number of nitrogens with zero attached hydrogens (tertiary/aromatic N) is 1. The summed E-state index contributed by atoms with van der Waals surface area (Å²) in [6, 6.07) is 7.76. The predicted octanol–water partition coefficient (Wildman–Crippen LogP) is 3.32. The average Bonchev–Trinajstić information content (AvgIpc) is 2.18. The summed E-state index contributed by atoms with van der Waals surface area (Å²) >= 11 is 3.40. The molecule has 0 fully saturated rings. The van der Waals surface area contributed by atoms with Crippen LogP contribution in [-0.4, -0.2) is 23.4 Å². The van der Waals surface area contributed by atoms with E-state index in [1.165, 1.54) is 0 Å². The van der Waals surface area contributed by atoms with Crippen LogP contribution in [-0.2, 0) is 0 Å². The number of rotatable bonds is 3. The lowest BCUT2D eigenvalue weighted by molar-refractivity contribution is 0.0716. The first-order chi connectivity index (χ1) is 7.07. The number of benzene rings is 1. The molecule has 0 aromatic heterocycles. The fourth-order valence-electron chi connectivity index (χ4n) is 1.53. The molecule has 1 aromatic rings. The van der Waals surface area contributed by atoms with Gasteiger partial charge < -0.3 is 4.90 Å². The zero-order chi connectivity index (χ0) is 11.4. The van der Waals surface area contributed by atoms with Crippen LogP contribution in [0.1, 0.15) is 31.1 Å². The number of hydrogen-bond acceptors (Lipinski definition) is 1. The van der Waals surface area contributed by atoms with Gasteiger partial charge in [0.2, 0.25) is 0 Å². The van der Waals surface area contributed by atoms with Crippen LogP contribution in [0.2, 0.25) is 0 Å². The molecule has 0 radical (unpaired) electrons. The number of carbonyl (C=O) groups is 1. The van der Waals surface area contributed by atoms with E-state index in [-0.39, 0.29) is 11.9 Å². The molecule has 0 heterocycles. The zero-order valence-electron chi connectivity index (χ0n) is 9.33. The van der Waals surface area contributed by atoms with E-state index in [0.717, 1.165) is 16.6 Å². The first-order valence-electron chi connectivity index (χ1n) is 5.13. The lowest BCUT2D eigenvalue weighted by Crippen LogP contribution is -2.36. The Bertz CT molecular complexity index is 349. The van der Waals surface area contributed by atoms with Crippen LogP contribution >= 0.6 is 15.9 Å². The van der Waals surface area contributed by atoms with Crippen molar-refractivity contribution in [2.75, 3.05) is 6.54 Å². The highest BCUT2D eigenvalue weighted by Crippen LogP contribution is 2.18. The van der Waals surface area contributed by atoms with Gasteiger partial charge in [-0.3, -0.25) is 4.79 Å². The Morgan fingerprint density at radius 1 is 1.40 bits per heavy atom. The summed E-state index contributed by atoms with van der Waals surface area (Å²) in [4.78, 5) is 14.0. The van der Waals surface area contributed by atoms with E-state index in [2.05, 4.69) is 15.9 Å². The van der Waals surface area contributed by atoms with E-state index < -0.39 is 0 Å². The molecule has 0 atom stereocenters. The van der Waals surface area contributed by atoms with E-state index >= 15 is 0 Å². The first-order valence-corrected chi connectivity index (χ1v) is 5.92. The monoisotopic (exact) mass is 269 g/mol. The summed E-state index contributed by atoms with van der Waals surface area (Å²) in [5.41, 5.74) is 0.730. The van der Waals surface area contributed by atoms with Gasteiger partial charge in [-0.2, -0.15) is 0 Å². The van der Waals surface area contributed by atoms with Gasteiger partial charge in [0.1, 0.15) is 0 Å². The van der Waals surface area contributed by atoms with Crippen molar-refractivity contribution < 1.29 is 4.79 Å². The fraction of sp³-hybridized carbons (Fsp3) is 0.417. The van der Waals surface area contributed by atoms with Gasteiger partial charge in [-0.05, 0) is 48.8 Å². The van der Waals surface area contributed by atoms with Crippen LogP contribution < -0.4 is 0 Å². The van der Waals surface area contributed by atoms with Crippen LogP contribution in [0.15, 0.2) is 28.7 Å². The second-order valence-electron chi connectivity index (χ2n) is 3.66. The molecule has 0 saturated heterocycles. The molecule has 0 aliphatic carbocycles. The van der Waals surface area contributed by atoms with Crippen LogP contribution in [0.3, 0.4) is 0 Å². The highest BCUT2D eigenvalue weighted by Gasteiger charge is 2.18. The topological polar surface area (TPSA) is 20.3 Å². The standard InChI is InChI=1S/C12H16BrNO/c1-4-14(9(2)3)12(15)10-7-5-6-8-11(10)13/h5-9H,4H2,1-3H3. The van der Waals surface area contributed by atoms with E-state index in [1.807, 2.05) is 49.9 Å². The molecule has 15 heavy (non-hydrogen) atoms. The number of amides is 1. The second-order valence-corrected chi connectivity index (χ2v) is 4.52. The molecule has 3 heteroatoms. The highest BCUT2D eigenvalue weighted by molar-refractivity contribution is 9.10. The number of carbonyl (C=O) groups excluding carboxylic acids is 1. The van der Waals surface area contributed by atoms with Crippen LogP contribution in [0, 0.1) is 0 Å². The molecule has 0 bridgehead atoms. The van der Waals surface area contributed by atoms with Crippen molar-refractivity contribution in [2.24, 2.45) is 0 Å². The lowest BCUT2D eigenvalue weighted by Gasteiger charge is -2.25. The summed E-state index contributed by atoms with van der Waals surface area (Å²) in [7, 11) is 0. The van der Waals surface area contributed by atoms with Crippen molar-refractivity contribution in [3.8, 4) is 0 Å².